The highest BCUT2D eigenvalue weighted by Gasteiger charge is 2.32. The van der Waals surface area contributed by atoms with Gasteiger partial charge in [0, 0.05) is 6.42 Å². The molecule has 0 saturated heterocycles. The van der Waals surface area contributed by atoms with Crippen LogP contribution in [0.4, 0.5) is 0 Å². The molecule has 2 aliphatic carbocycles. The summed E-state index contributed by atoms with van der Waals surface area (Å²) >= 11 is 0. The minimum absolute atomic E-state index is 0.00733. The van der Waals surface area contributed by atoms with E-state index >= 15 is 0 Å². The monoisotopic (exact) mass is 282 g/mol. The Kier molecular flexibility index (Phi) is 5.48. The van der Waals surface area contributed by atoms with Gasteiger partial charge in [-0.05, 0) is 50.4 Å². The minimum atomic E-state index is -0.00733. The van der Waals surface area contributed by atoms with Crippen molar-refractivity contribution in [1.29, 1.82) is 0 Å². The largest absolute Gasteiger partial charge is 0.465 e. The van der Waals surface area contributed by atoms with Crippen LogP contribution in [-0.4, -0.2) is 25.3 Å². The highest BCUT2D eigenvalue weighted by Crippen LogP contribution is 2.40. The van der Waals surface area contributed by atoms with Crippen molar-refractivity contribution in [2.75, 3.05) is 13.2 Å². The van der Waals surface area contributed by atoms with Crippen LogP contribution >= 0.6 is 0 Å². The van der Waals surface area contributed by atoms with Crippen LogP contribution in [0, 0.1) is 17.3 Å². The van der Waals surface area contributed by atoms with Crippen molar-refractivity contribution in [3.8, 4) is 0 Å². The fourth-order valence-electron chi connectivity index (χ4n) is 3.23. The first-order valence-electron chi connectivity index (χ1n) is 8.26. The maximum Gasteiger partial charge on any atom is 0.308 e. The van der Waals surface area contributed by atoms with E-state index in [1.807, 2.05) is 0 Å². The van der Waals surface area contributed by atoms with Crippen LogP contribution in [0.5, 0.6) is 0 Å². The Bertz CT molecular complexity index is 320. The molecule has 0 bridgehead atoms. The molecule has 116 valence electrons. The number of carbonyl (C=O) groups excluding carboxylic acids is 1. The summed E-state index contributed by atoms with van der Waals surface area (Å²) in [6.07, 6.45) is 8.41. The molecule has 2 fully saturated rings. The molecule has 0 heterocycles. The second-order valence-corrected chi connectivity index (χ2v) is 7.39. The van der Waals surface area contributed by atoms with E-state index in [4.69, 9.17) is 9.47 Å². The summed E-state index contributed by atoms with van der Waals surface area (Å²) in [7, 11) is 0. The first-order chi connectivity index (χ1) is 9.48. The van der Waals surface area contributed by atoms with Crippen molar-refractivity contribution < 1.29 is 14.3 Å². The molecule has 0 aliphatic heterocycles. The highest BCUT2D eigenvalue weighted by molar-refractivity contribution is 5.74. The molecule has 0 amide bonds. The van der Waals surface area contributed by atoms with E-state index < -0.39 is 0 Å². The highest BCUT2D eigenvalue weighted by atomic mass is 16.5. The normalized spacial score (nSPS) is 27.1. The van der Waals surface area contributed by atoms with E-state index in [0.29, 0.717) is 30.7 Å². The maximum absolute atomic E-state index is 11.4. The van der Waals surface area contributed by atoms with Gasteiger partial charge >= 0.3 is 5.97 Å². The Balaban J connectivity index is 1.55. The van der Waals surface area contributed by atoms with E-state index in [1.54, 1.807) is 0 Å². The summed E-state index contributed by atoms with van der Waals surface area (Å²) in [4.78, 5) is 11.4. The quantitative estimate of drug-likeness (QED) is 0.524. The van der Waals surface area contributed by atoms with Crippen molar-refractivity contribution in [3.05, 3.63) is 0 Å². The third-order valence-corrected chi connectivity index (χ3v) is 4.73. The SMILES string of the molecule is CC(OCCCOC(=O)C1CC1)C1CCCC(C)(C)C1. The molecule has 0 aromatic heterocycles. The van der Waals surface area contributed by atoms with Gasteiger partial charge in [-0.15, -0.1) is 0 Å². The number of ether oxygens (including phenoxy) is 2. The smallest absolute Gasteiger partial charge is 0.308 e. The number of hydrogen-bond donors (Lipinski definition) is 0. The molecule has 2 rings (SSSR count). The number of rotatable bonds is 7. The van der Waals surface area contributed by atoms with Gasteiger partial charge in [0.2, 0.25) is 0 Å². The Hall–Kier alpha value is -0.570. The molecule has 2 saturated carbocycles. The average Bonchev–Trinajstić information content (AvgIpc) is 3.21. The maximum atomic E-state index is 11.4. The lowest BCUT2D eigenvalue weighted by Gasteiger charge is -2.38. The molecule has 0 spiro atoms. The fraction of sp³-hybridized carbons (Fsp3) is 0.941. The molecule has 3 heteroatoms. The molecule has 3 nitrogen and oxygen atoms in total. The molecule has 0 aromatic rings. The lowest BCUT2D eigenvalue weighted by atomic mass is 9.71. The predicted molar refractivity (Wildman–Crippen MR) is 79.5 cm³/mol. The van der Waals surface area contributed by atoms with Crippen molar-refractivity contribution in [1.82, 2.24) is 0 Å². The van der Waals surface area contributed by atoms with Gasteiger partial charge in [0.25, 0.3) is 0 Å². The lowest BCUT2D eigenvalue weighted by molar-refractivity contribution is -0.145. The number of carbonyl (C=O) groups is 1. The van der Waals surface area contributed by atoms with Crippen molar-refractivity contribution >= 4 is 5.97 Å². The fourth-order valence-corrected chi connectivity index (χ4v) is 3.23. The molecule has 0 radical (unpaired) electrons. The number of esters is 1. The third-order valence-electron chi connectivity index (χ3n) is 4.73. The van der Waals surface area contributed by atoms with Crippen molar-refractivity contribution in [2.24, 2.45) is 17.3 Å². The van der Waals surface area contributed by atoms with Gasteiger partial charge in [0.1, 0.15) is 0 Å². The summed E-state index contributed by atoms with van der Waals surface area (Å²) in [6, 6.07) is 0. The van der Waals surface area contributed by atoms with Crippen molar-refractivity contribution in [2.45, 2.75) is 71.8 Å². The molecule has 2 atom stereocenters. The van der Waals surface area contributed by atoms with E-state index in [0.717, 1.165) is 19.3 Å². The van der Waals surface area contributed by atoms with Gasteiger partial charge in [-0.1, -0.05) is 20.3 Å². The van der Waals surface area contributed by atoms with Gasteiger partial charge in [-0.3, -0.25) is 4.79 Å². The van der Waals surface area contributed by atoms with Crippen LogP contribution in [0.1, 0.15) is 65.7 Å². The molecule has 0 aromatic carbocycles. The average molecular weight is 282 g/mol. The summed E-state index contributed by atoms with van der Waals surface area (Å²) in [5.41, 5.74) is 0.473. The van der Waals surface area contributed by atoms with Gasteiger partial charge in [-0.25, -0.2) is 0 Å². The molecule has 2 aliphatic rings. The third kappa shape index (κ3) is 5.08. The first-order valence-corrected chi connectivity index (χ1v) is 8.26. The molecular weight excluding hydrogens is 252 g/mol. The van der Waals surface area contributed by atoms with Crippen LogP contribution in [0.15, 0.2) is 0 Å². The zero-order valence-electron chi connectivity index (χ0n) is 13.3. The summed E-state index contributed by atoms with van der Waals surface area (Å²) in [5, 5.41) is 0. The van der Waals surface area contributed by atoms with Crippen LogP contribution in [0.3, 0.4) is 0 Å². The molecule has 0 N–H and O–H groups in total. The van der Waals surface area contributed by atoms with Gasteiger partial charge in [0.15, 0.2) is 0 Å². The number of hydrogen-bond acceptors (Lipinski definition) is 3. The minimum Gasteiger partial charge on any atom is -0.465 e. The van der Waals surface area contributed by atoms with E-state index in [2.05, 4.69) is 20.8 Å². The zero-order valence-corrected chi connectivity index (χ0v) is 13.3. The van der Waals surface area contributed by atoms with Gasteiger partial charge in [-0.2, -0.15) is 0 Å². The van der Waals surface area contributed by atoms with Gasteiger partial charge < -0.3 is 9.47 Å². The van der Waals surface area contributed by atoms with Crippen LogP contribution in [-0.2, 0) is 14.3 Å². The molecular formula is C17H30O3. The Morgan fingerprint density at radius 2 is 2.00 bits per heavy atom. The lowest BCUT2D eigenvalue weighted by Crippen LogP contribution is -2.31. The standard InChI is InChI=1S/C17H30O3/c1-13(15-6-4-9-17(2,3)12-15)19-10-5-11-20-16(18)14-7-8-14/h13-15H,4-12H2,1-3H3. The van der Waals surface area contributed by atoms with E-state index in [-0.39, 0.29) is 11.9 Å². The summed E-state index contributed by atoms with van der Waals surface area (Å²) in [6.45, 7) is 8.14. The first kappa shape index (κ1) is 15.8. The van der Waals surface area contributed by atoms with Gasteiger partial charge in [0.05, 0.1) is 25.2 Å². The van der Waals surface area contributed by atoms with Crippen LogP contribution < -0.4 is 0 Å². The summed E-state index contributed by atoms with van der Waals surface area (Å²) in [5.74, 6) is 0.888. The Morgan fingerprint density at radius 1 is 1.25 bits per heavy atom. The summed E-state index contributed by atoms with van der Waals surface area (Å²) < 4.78 is 11.1. The topological polar surface area (TPSA) is 35.5 Å². The predicted octanol–water partition coefficient (Wildman–Crippen LogP) is 3.95. The van der Waals surface area contributed by atoms with E-state index in [1.165, 1.54) is 25.7 Å². The second-order valence-electron chi connectivity index (χ2n) is 7.39. The molecule has 2 unspecified atom stereocenters. The van der Waals surface area contributed by atoms with E-state index in [9.17, 15) is 4.79 Å². The second kappa shape index (κ2) is 6.93. The van der Waals surface area contributed by atoms with Crippen LogP contribution in [0.25, 0.3) is 0 Å². The zero-order chi connectivity index (χ0) is 14.6. The van der Waals surface area contributed by atoms with Crippen molar-refractivity contribution in [3.63, 3.8) is 0 Å². The Labute approximate surface area is 123 Å². The van der Waals surface area contributed by atoms with Crippen LogP contribution in [0.2, 0.25) is 0 Å². The molecule has 20 heavy (non-hydrogen) atoms. The Morgan fingerprint density at radius 3 is 2.65 bits per heavy atom.